The van der Waals surface area contributed by atoms with Gasteiger partial charge < -0.3 is 18.6 Å². The summed E-state index contributed by atoms with van der Waals surface area (Å²) in [6.07, 6.45) is -2.35. The Bertz CT molecular complexity index is 1460. The lowest BCUT2D eigenvalue weighted by Crippen LogP contribution is -2.15. The number of alkyl halides is 3. The minimum absolute atomic E-state index is 0.0442. The number of fused-ring (bicyclic) bond motifs is 1. The zero-order valence-corrected chi connectivity index (χ0v) is 18.2. The SMILES string of the molecule is COc1cccc(Oc2c(C(F)(F)F)oc3cc(OC(=O)/C=C/c4ccccc4)ccc3c2=O)c1. The van der Waals surface area contributed by atoms with Gasteiger partial charge in [0.05, 0.1) is 12.5 Å². The Morgan fingerprint density at radius 1 is 0.914 bits per heavy atom. The highest BCUT2D eigenvalue weighted by Crippen LogP contribution is 2.39. The second-order valence-corrected chi connectivity index (χ2v) is 7.19. The molecule has 0 amide bonds. The highest BCUT2D eigenvalue weighted by Gasteiger charge is 2.40. The smallest absolute Gasteiger partial charge is 0.453 e. The molecule has 4 rings (SSSR count). The first-order valence-electron chi connectivity index (χ1n) is 10.2. The van der Waals surface area contributed by atoms with Gasteiger partial charge in [0.1, 0.15) is 22.8 Å². The molecule has 0 radical (unpaired) electrons. The number of esters is 1. The lowest BCUT2D eigenvalue weighted by Gasteiger charge is -2.14. The largest absolute Gasteiger partial charge is 0.497 e. The highest BCUT2D eigenvalue weighted by molar-refractivity contribution is 5.89. The van der Waals surface area contributed by atoms with E-state index in [1.54, 1.807) is 30.3 Å². The molecule has 0 fully saturated rings. The van der Waals surface area contributed by atoms with E-state index in [0.29, 0.717) is 5.75 Å². The van der Waals surface area contributed by atoms with Crippen molar-refractivity contribution in [3.05, 3.63) is 100 Å². The van der Waals surface area contributed by atoms with Gasteiger partial charge in [-0.25, -0.2) is 4.79 Å². The van der Waals surface area contributed by atoms with E-state index < -0.39 is 34.7 Å². The summed E-state index contributed by atoms with van der Waals surface area (Å²) < 4.78 is 61.7. The van der Waals surface area contributed by atoms with Crippen LogP contribution in [0.5, 0.6) is 23.0 Å². The average molecular weight is 482 g/mol. The van der Waals surface area contributed by atoms with Crippen LogP contribution >= 0.6 is 0 Å². The first-order valence-corrected chi connectivity index (χ1v) is 10.2. The average Bonchev–Trinajstić information content (AvgIpc) is 2.84. The first kappa shape index (κ1) is 23.6. The molecule has 35 heavy (non-hydrogen) atoms. The second kappa shape index (κ2) is 9.76. The van der Waals surface area contributed by atoms with E-state index in [9.17, 15) is 22.8 Å². The molecule has 9 heteroatoms. The first-order chi connectivity index (χ1) is 16.7. The molecule has 0 aliphatic rings. The van der Waals surface area contributed by atoms with Gasteiger partial charge >= 0.3 is 12.1 Å². The van der Waals surface area contributed by atoms with Gasteiger partial charge in [-0.05, 0) is 35.9 Å². The standard InChI is InChI=1S/C26H17F3O6/c1-32-17-8-5-9-18(14-17)34-24-23(31)20-12-11-19(15-21(20)35-25(24)26(27,28)29)33-22(30)13-10-16-6-3-2-4-7-16/h2-15H,1H3/b13-10+. The minimum atomic E-state index is -5.04. The van der Waals surface area contributed by atoms with Crippen LogP contribution in [-0.2, 0) is 11.0 Å². The quantitative estimate of drug-likeness (QED) is 0.184. The fourth-order valence-corrected chi connectivity index (χ4v) is 3.16. The molecule has 0 aliphatic carbocycles. The summed E-state index contributed by atoms with van der Waals surface area (Å²) in [5.41, 5.74) is -0.701. The van der Waals surface area contributed by atoms with Gasteiger partial charge in [0.25, 0.3) is 5.76 Å². The van der Waals surface area contributed by atoms with Crippen LogP contribution in [-0.4, -0.2) is 13.1 Å². The highest BCUT2D eigenvalue weighted by atomic mass is 19.4. The molecule has 178 valence electrons. The predicted octanol–water partition coefficient (Wildman–Crippen LogP) is 6.23. The molecule has 6 nitrogen and oxygen atoms in total. The summed E-state index contributed by atoms with van der Waals surface area (Å²) in [6.45, 7) is 0. The normalized spacial score (nSPS) is 11.5. The zero-order valence-electron chi connectivity index (χ0n) is 18.2. The molecule has 0 atom stereocenters. The van der Waals surface area contributed by atoms with Gasteiger partial charge in [-0.3, -0.25) is 4.79 Å². The van der Waals surface area contributed by atoms with Crippen LogP contribution in [0.15, 0.2) is 88.1 Å². The van der Waals surface area contributed by atoms with Gasteiger partial charge in [-0.15, -0.1) is 0 Å². The summed E-state index contributed by atoms with van der Waals surface area (Å²) in [6, 6.07) is 18.2. The molecule has 1 heterocycles. The van der Waals surface area contributed by atoms with Crippen LogP contribution in [0, 0.1) is 0 Å². The number of halogens is 3. The fraction of sp³-hybridized carbons (Fsp3) is 0.0769. The molecular weight excluding hydrogens is 465 g/mol. The molecule has 4 aromatic rings. The van der Waals surface area contributed by atoms with Crippen molar-refractivity contribution in [2.24, 2.45) is 0 Å². The predicted molar refractivity (Wildman–Crippen MR) is 122 cm³/mol. The van der Waals surface area contributed by atoms with Gasteiger partial charge in [-0.2, -0.15) is 13.2 Å². The van der Waals surface area contributed by atoms with Crippen molar-refractivity contribution >= 4 is 23.0 Å². The van der Waals surface area contributed by atoms with Crippen LogP contribution in [0.4, 0.5) is 13.2 Å². The summed E-state index contributed by atoms with van der Waals surface area (Å²) in [4.78, 5) is 25.0. The molecule has 3 aromatic carbocycles. The van der Waals surface area contributed by atoms with E-state index in [1.807, 2.05) is 6.07 Å². The van der Waals surface area contributed by atoms with Gasteiger partial charge in [0.2, 0.25) is 11.2 Å². The van der Waals surface area contributed by atoms with Gasteiger partial charge in [0.15, 0.2) is 0 Å². The van der Waals surface area contributed by atoms with E-state index in [-0.39, 0.29) is 16.9 Å². The number of methoxy groups -OCH3 is 1. The van der Waals surface area contributed by atoms with Gasteiger partial charge in [-0.1, -0.05) is 36.4 Å². The molecule has 1 aromatic heterocycles. The Morgan fingerprint density at radius 2 is 1.66 bits per heavy atom. The maximum Gasteiger partial charge on any atom is 0.453 e. The maximum atomic E-state index is 13.7. The van der Waals surface area contributed by atoms with Crippen LogP contribution < -0.4 is 19.6 Å². The third kappa shape index (κ3) is 5.52. The van der Waals surface area contributed by atoms with Crippen molar-refractivity contribution in [2.45, 2.75) is 6.18 Å². The molecule has 0 bridgehead atoms. The second-order valence-electron chi connectivity index (χ2n) is 7.19. The molecule has 0 N–H and O–H groups in total. The Morgan fingerprint density at radius 3 is 2.37 bits per heavy atom. The Kier molecular flexibility index (Phi) is 6.59. The zero-order chi connectivity index (χ0) is 25.0. The fourth-order valence-electron chi connectivity index (χ4n) is 3.16. The van der Waals surface area contributed by atoms with E-state index in [4.69, 9.17) is 18.6 Å². The molecule has 0 saturated heterocycles. The number of carbonyl (C=O) groups excluding carboxylic acids is 1. The van der Waals surface area contributed by atoms with Crippen molar-refractivity contribution in [2.75, 3.05) is 7.11 Å². The third-order valence-electron chi connectivity index (χ3n) is 4.77. The Labute approximate surface area is 196 Å². The van der Waals surface area contributed by atoms with Crippen LogP contribution in [0.3, 0.4) is 0 Å². The Hall–Kier alpha value is -4.53. The number of hydrogen-bond acceptors (Lipinski definition) is 6. The summed E-state index contributed by atoms with van der Waals surface area (Å²) >= 11 is 0. The monoisotopic (exact) mass is 482 g/mol. The summed E-state index contributed by atoms with van der Waals surface area (Å²) in [7, 11) is 1.38. The number of carbonyl (C=O) groups is 1. The van der Waals surface area contributed by atoms with E-state index in [1.165, 1.54) is 49.6 Å². The van der Waals surface area contributed by atoms with Crippen molar-refractivity contribution in [1.29, 1.82) is 0 Å². The molecule has 0 aliphatic heterocycles. The topological polar surface area (TPSA) is 75.0 Å². The van der Waals surface area contributed by atoms with Crippen molar-refractivity contribution < 1.29 is 36.6 Å². The third-order valence-corrected chi connectivity index (χ3v) is 4.77. The van der Waals surface area contributed by atoms with E-state index >= 15 is 0 Å². The van der Waals surface area contributed by atoms with Crippen LogP contribution in [0.25, 0.3) is 17.0 Å². The lowest BCUT2D eigenvalue weighted by molar-refractivity contribution is -0.154. The van der Waals surface area contributed by atoms with Crippen LogP contribution in [0.2, 0.25) is 0 Å². The van der Waals surface area contributed by atoms with Crippen LogP contribution in [0.1, 0.15) is 11.3 Å². The lowest BCUT2D eigenvalue weighted by atomic mass is 10.2. The number of ether oxygens (including phenoxy) is 3. The van der Waals surface area contributed by atoms with Crippen molar-refractivity contribution in [1.82, 2.24) is 0 Å². The van der Waals surface area contributed by atoms with E-state index in [2.05, 4.69) is 0 Å². The van der Waals surface area contributed by atoms with Gasteiger partial charge in [0, 0.05) is 18.2 Å². The molecular formula is C26H17F3O6. The molecule has 0 saturated carbocycles. The maximum absolute atomic E-state index is 13.7. The Balaban J connectivity index is 1.68. The summed E-state index contributed by atoms with van der Waals surface area (Å²) in [5, 5.41) is -0.185. The number of hydrogen-bond donors (Lipinski definition) is 0. The number of rotatable bonds is 6. The minimum Gasteiger partial charge on any atom is -0.497 e. The molecule has 0 spiro atoms. The van der Waals surface area contributed by atoms with Crippen molar-refractivity contribution in [3.8, 4) is 23.0 Å². The van der Waals surface area contributed by atoms with Crippen molar-refractivity contribution in [3.63, 3.8) is 0 Å². The van der Waals surface area contributed by atoms with E-state index in [0.717, 1.165) is 11.6 Å². The number of benzene rings is 3. The summed E-state index contributed by atoms with van der Waals surface area (Å²) in [5.74, 6) is -3.21. The molecule has 0 unspecified atom stereocenters.